The lowest BCUT2D eigenvalue weighted by molar-refractivity contribution is -0.144. The molecule has 0 heterocycles. The van der Waals surface area contributed by atoms with Gasteiger partial charge in [0.25, 0.3) is 0 Å². The van der Waals surface area contributed by atoms with Crippen LogP contribution < -0.4 is 10.6 Å². The highest BCUT2D eigenvalue weighted by Gasteiger charge is 2.21. The van der Waals surface area contributed by atoms with Crippen LogP contribution in [0.15, 0.2) is 0 Å². The summed E-state index contributed by atoms with van der Waals surface area (Å²) < 4.78 is 9.57. The Balaban J connectivity index is 4.28. The summed E-state index contributed by atoms with van der Waals surface area (Å²) in [6.07, 6.45) is 0.502. The van der Waals surface area contributed by atoms with Gasteiger partial charge in [-0.3, -0.25) is 4.79 Å². The number of esters is 1. The van der Waals surface area contributed by atoms with Crippen molar-refractivity contribution in [3.63, 3.8) is 0 Å². The number of ether oxygens (including phenoxy) is 2. The average molecular weight is 262 g/mol. The predicted octanol–water partition coefficient (Wildman–Crippen LogP) is -1.35. The maximum atomic E-state index is 11.4. The van der Waals surface area contributed by atoms with E-state index < -0.39 is 12.0 Å². The zero-order valence-electron chi connectivity index (χ0n) is 11.1. The molecule has 7 nitrogen and oxygen atoms in total. The molecule has 0 aromatic carbocycles. The molecule has 0 radical (unpaired) electrons. The minimum atomic E-state index is -0.745. The van der Waals surface area contributed by atoms with Crippen molar-refractivity contribution in [1.29, 1.82) is 0 Å². The number of rotatable bonds is 9. The van der Waals surface area contributed by atoms with Gasteiger partial charge in [-0.05, 0) is 6.42 Å². The topological polar surface area (TPSA) is 96.9 Å². The standard InChI is InChI=1S/C11H22N2O5/c1-8(15)13-10(11(16)18-3)6-12-9(4-5-14)7-17-2/h9-10,12,14H,4-7H2,1-3H3,(H,13,15). The maximum absolute atomic E-state index is 11.4. The minimum absolute atomic E-state index is 0.0179. The van der Waals surface area contributed by atoms with Gasteiger partial charge in [0.2, 0.25) is 5.91 Å². The number of methoxy groups -OCH3 is 2. The van der Waals surface area contributed by atoms with Crippen LogP contribution in [-0.2, 0) is 19.1 Å². The molecule has 0 aromatic heterocycles. The van der Waals surface area contributed by atoms with Gasteiger partial charge in [-0.15, -0.1) is 0 Å². The summed E-state index contributed by atoms with van der Waals surface area (Å²) >= 11 is 0. The van der Waals surface area contributed by atoms with E-state index in [1.807, 2.05) is 0 Å². The smallest absolute Gasteiger partial charge is 0.329 e. The molecule has 0 aliphatic heterocycles. The van der Waals surface area contributed by atoms with Gasteiger partial charge in [0.15, 0.2) is 0 Å². The number of amides is 1. The summed E-state index contributed by atoms with van der Waals surface area (Å²) in [5.41, 5.74) is 0. The van der Waals surface area contributed by atoms with E-state index in [4.69, 9.17) is 9.84 Å². The Morgan fingerprint density at radius 2 is 2.00 bits per heavy atom. The molecule has 7 heteroatoms. The van der Waals surface area contributed by atoms with Crippen LogP contribution in [-0.4, -0.2) is 63.0 Å². The van der Waals surface area contributed by atoms with Crippen LogP contribution in [0.3, 0.4) is 0 Å². The van der Waals surface area contributed by atoms with E-state index in [0.29, 0.717) is 13.0 Å². The van der Waals surface area contributed by atoms with E-state index >= 15 is 0 Å². The fourth-order valence-electron chi connectivity index (χ4n) is 1.47. The molecule has 3 N–H and O–H groups in total. The van der Waals surface area contributed by atoms with Crippen LogP contribution in [0.2, 0.25) is 0 Å². The highest BCUT2D eigenvalue weighted by atomic mass is 16.5. The molecule has 2 atom stereocenters. The number of carbonyl (C=O) groups excluding carboxylic acids is 2. The first kappa shape index (κ1) is 16.8. The van der Waals surface area contributed by atoms with Crippen LogP contribution in [0.4, 0.5) is 0 Å². The molecule has 0 spiro atoms. The van der Waals surface area contributed by atoms with Gasteiger partial charge in [-0.1, -0.05) is 0 Å². The van der Waals surface area contributed by atoms with Crippen molar-refractivity contribution in [2.24, 2.45) is 0 Å². The van der Waals surface area contributed by atoms with Crippen molar-refractivity contribution in [2.75, 3.05) is 34.0 Å². The van der Waals surface area contributed by atoms with Crippen LogP contribution >= 0.6 is 0 Å². The molecular weight excluding hydrogens is 240 g/mol. The average Bonchev–Trinajstić information content (AvgIpc) is 2.33. The summed E-state index contributed by atoms with van der Waals surface area (Å²) in [6, 6.07) is -0.827. The van der Waals surface area contributed by atoms with E-state index in [9.17, 15) is 9.59 Å². The summed E-state index contributed by atoms with van der Waals surface area (Å²) in [5.74, 6) is -0.824. The molecule has 2 unspecified atom stereocenters. The SMILES string of the molecule is COCC(CCO)NCC(NC(C)=O)C(=O)OC. The van der Waals surface area contributed by atoms with Gasteiger partial charge in [0.1, 0.15) is 6.04 Å². The van der Waals surface area contributed by atoms with Crippen molar-refractivity contribution in [3.05, 3.63) is 0 Å². The van der Waals surface area contributed by atoms with E-state index in [0.717, 1.165) is 0 Å². The molecule has 106 valence electrons. The Bertz CT molecular complexity index is 254. The molecule has 0 rings (SSSR count). The van der Waals surface area contributed by atoms with Crippen LogP contribution in [0.1, 0.15) is 13.3 Å². The van der Waals surface area contributed by atoms with Crippen LogP contribution in [0.5, 0.6) is 0 Å². The largest absolute Gasteiger partial charge is 0.467 e. The molecule has 0 saturated carbocycles. The number of hydrogen-bond acceptors (Lipinski definition) is 6. The molecule has 0 aliphatic carbocycles. The molecule has 18 heavy (non-hydrogen) atoms. The van der Waals surface area contributed by atoms with Gasteiger partial charge in [-0.25, -0.2) is 4.79 Å². The van der Waals surface area contributed by atoms with E-state index in [2.05, 4.69) is 15.4 Å². The molecule has 0 saturated heterocycles. The second-order valence-corrected chi connectivity index (χ2v) is 3.85. The van der Waals surface area contributed by atoms with Crippen molar-refractivity contribution in [2.45, 2.75) is 25.4 Å². The summed E-state index contributed by atoms with van der Waals surface area (Å²) in [6.45, 7) is 1.98. The lowest BCUT2D eigenvalue weighted by Gasteiger charge is -2.21. The third-order valence-corrected chi connectivity index (χ3v) is 2.32. The zero-order valence-corrected chi connectivity index (χ0v) is 11.1. The summed E-state index contributed by atoms with van der Waals surface area (Å²) in [5, 5.41) is 14.4. The monoisotopic (exact) mass is 262 g/mol. The highest BCUT2D eigenvalue weighted by Crippen LogP contribution is 1.94. The van der Waals surface area contributed by atoms with Crippen LogP contribution in [0, 0.1) is 0 Å². The molecule has 0 aliphatic rings. The van der Waals surface area contributed by atoms with Crippen molar-refractivity contribution in [1.82, 2.24) is 10.6 Å². The minimum Gasteiger partial charge on any atom is -0.467 e. The molecule has 0 aromatic rings. The van der Waals surface area contributed by atoms with Gasteiger partial charge < -0.3 is 25.2 Å². The number of aliphatic hydroxyl groups excluding tert-OH is 1. The lowest BCUT2D eigenvalue weighted by Crippen LogP contribution is -2.50. The Labute approximate surface area is 107 Å². The van der Waals surface area contributed by atoms with E-state index in [-0.39, 0.29) is 25.1 Å². The summed E-state index contributed by atoms with van der Waals surface area (Å²) in [4.78, 5) is 22.4. The predicted molar refractivity (Wildman–Crippen MR) is 65.0 cm³/mol. The van der Waals surface area contributed by atoms with Crippen LogP contribution in [0.25, 0.3) is 0 Å². The Morgan fingerprint density at radius 3 is 2.44 bits per heavy atom. The third kappa shape index (κ3) is 7.21. The summed E-state index contributed by atoms with van der Waals surface area (Å²) in [7, 11) is 2.81. The Morgan fingerprint density at radius 1 is 1.33 bits per heavy atom. The lowest BCUT2D eigenvalue weighted by atomic mass is 10.2. The fourth-order valence-corrected chi connectivity index (χ4v) is 1.47. The van der Waals surface area contributed by atoms with Crippen molar-refractivity contribution < 1.29 is 24.2 Å². The number of carbonyl (C=O) groups is 2. The molecular formula is C11H22N2O5. The number of hydrogen-bond donors (Lipinski definition) is 3. The number of aliphatic hydroxyl groups is 1. The van der Waals surface area contributed by atoms with Crippen molar-refractivity contribution >= 4 is 11.9 Å². The fraction of sp³-hybridized carbons (Fsp3) is 0.818. The second kappa shape index (κ2) is 9.81. The van der Waals surface area contributed by atoms with Crippen molar-refractivity contribution in [3.8, 4) is 0 Å². The van der Waals surface area contributed by atoms with E-state index in [1.54, 1.807) is 7.11 Å². The van der Waals surface area contributed by atoms with E-state index in [1.165, 1.54) is 14.0 Å². The number of nitrogens with one attached hydrogen (secondary N) is 2. The van der Waals surface area contributed by atoms with Gasteiger partial charge in [0, 0.05) is 33.2 Å². The first-order valence-electron chi connectivity index (χ1n) is 5.73. The Kier molecular flexibility index (Phi) is 9.17. The normalized spacial score (nSPS) is 13.8. The van der Waals surface area contributed by atoms with Gasteiger partial charge >= 0.3 is 5.97 Å². The van der Waals surface area contributed by atoms with Gasteiger partial charge in [0.05, 0.1) is 13.7 Å². The first-order chi connectivity index (χ1) is 8.54. The second-order valence-electron chi connectivity index (χ2n) is 3.85. The molecule has 1 amide bonds. The third-order valence-electron chi connectivity index (χ3n) is 2.32. The quantitative estimate of drug-likeness (QED) is 0.445. The Hall–Kier alpha value is -1.18. The molecule has 0 fully saturated rings. The maximum Gasteiger partial charge on any atom is 0.329 e. The van der Waals surface area contributed by atoms with Gasteiger partial charge in [-0.2, -0.15) is 0 Å². The molecule has 0 bridgehead atoms. The zero-order chi connectivity index (χ0) is 14.0. The first-order valence-corrected chi connectivity index (χ1v) is 5.73. The highest BCUT2D eigenvalue weighted by molar-refractivity contribution is 5.83.